The summed E-state index contributed by atoms with van der Waals surface area (Å²) in [7, 11) is -2.05. The van der Waals surface area contributed by atoms with Crippen molar-refractivity contribution in [1.82, 2.24) is 0 Å². The smallest absolute Gasteiger partial charge is 0.372 e. The molecule has 0 radical (unpaired) electrons. The molecule has 0 aliphatic carbocycles. The molecule has 0 aliphatic heterocycles. The second kappa shape index (κ2) is 38.5. The quantitative estimate of drug-likeness (QED) is 0.0164. The molecule has 0 spiro atoms. The van der Waals surface area contributed by atoms with Crippen molar-refractivity contribution in [3.63, 3.8) is 0 Å². The number of hydrogen-bond donors (Lipinski definition) is 1. The lowest BCUT2D eigenvalue weighted by atomic mass is 10.1. The predicted octanol–water partition coefficient (Wildman–Crippen LogP) is 11.3. The largest absolute Gasteiger partial charge is 0.726 e. The maximum Gasteiger partial charge on any atom is 0.372 e. The van der Waals surface area contributed by atoms with E-state index in [1.54, 1.807) is 7.05 Å². The van der Waals surface area contributed by atoms with E-state index in [9.17, 15) is 27.7 Å². The number of rotatable bonds is 36. The molecule has 0 saturated heterocycles. The average Bonchev–Trinajstić information content (AvgIpc) is 3.11. The second-order valence-electron chi connectivity index (χ2n) is 14.4. The van der Waals surface area contributed by atoms with Gasteiger partial charge in [-0.3, -0.25) is 4.18 Å². The molecule has 1 atom stereocenters. The first-order valence-electron chi connectivity index (χ1n) is 21.2. The van der Waals surface area contributed by atoms with Crippen molar-refractivity contribution in [1.29, 1.82) is 0 Å². The lowest BCUT2D eigenvalue weighted by molar-refractivity contribution is -1.21. The van der Waals surface area contributed by atoms with Gasteiger partial charge >= 0.3 is 11.9 Å². The molecule has 0 aromatic rings. The molecule has 0 aromatic heterocycles. The van der Waals surface area contributed by atoms with E-state index in [-0.39, 0.29) is 18.5 Å². The Bertz CT molecular complexity index is 947. The number of carbonyl (C=O) groups excluding carboxylic acids is 2. The minimum Gasteiger partial charge on any atom is -0.726 e. The van der Waals surface area contributed by atoms with Crippen LogP contribution in [-0.2, 0) is 33.8 Å². The third kappa shape index (κ3) is 42.8. The number of hydroxylamine groups is 4. The van der Waals surface area contributed by atoms with Gasteiger partial charge in [-0.1, -0.05) is 148 Å². The molecule has 314 valence electrons. The SMILES string of the molecule is CCCCCCCC/C=C\CCCCCCCC(=O)O[N+](C)(CC(O)CC)OC(=O)CCCCCCC/C=C\CCCCCCCC.COS(=O)(=O)[O-]. The van der Waals surface area contributed by atoms with Crippen molar-refractivity contribution in [3.8, 4) is 0 Å². The Morgan fingerprint density at radius 2 is 0.868 bits per heavy atom. The number of carbonyl (C=O) groups is 2. The van der Waals surface area contributed by atoms with Gasteiger partial charge in [0.05, 0.1) is 20.0 Å². The molecule has 10 nitrogen and oxygen atoms in total. The minimum atomic E-state index is -4.41. The van der Waals surface area contributed by atoms with E-state index in [1.165, 1.54) is 116 Å². The highest BCUT2D eigenvalue weighted by atomic mass is 32.3. The first-order chi connectivity index (χ1) is 25.4. The van der Waals surface area contributed by atoms with Crippen LogP contribution in [0.3, 0.4) is 0 Å². The Kier molecular flexibility index (Phi) is 38.7. The molecule has 0 rings (SSSR count). The number of unbranched alkanes of at least 4 members (excludes halogenated alkanes) is 22. The molecule has 1 N–H and O–H groups in total. The fourth-order valence-corrected chi connectivity index (χ4v) is 5.81. The number of allylic oxidation sites excluding steroid dienone is 4. The van der Waals surface area contributed by atoms with Crippen molar-refractivity contribution in [2.24, 2.45) is 0 Å². The average molecular weight is 776 g/mol. The van der Waals surface area contributed by atoms with Gasteiger partial charge in [-0.15, -0.1) is 0 Å². The molecule has 0 fully saturated rings. The lowest BCUT2D eigenvalue weighted by Gasteiger charge is -2.28. The van der Waals surface area contributed by atoms with Crippen molar-refractivity contribution in [2.45, 2.75) is 213 Å². The number of aliphatic hydroxyl groups excluding tert-OH is 1. The fraction of sp³-hybridized carbons (Fsp3) is 0.857. The molecule has 0 amide bonds. The third-order valence-electron chi connectivity index (χ3n) is 9.09. The third-order valence-corrected chi connectivity index (χ3v) is 9.50. The number of hydrogen-bond acceptors (Lipinski definition) is 9. The van der Waals surface area contributed by atoms with E-state index in [2.05, 4.69) is 42.3 Å². The molecule has 0 heterocycles. The molecule has 0 aliphatic rings. The summed E-state index contributed by atoms with van der Waals surface area (Å²) in [5.74, 6) is -0.774. The van der Waals surface area contributed by atoms with Gasteiger partial charge in [0.15, 0.2) is 13.6 Å². The van der Waals surface area contributed by atoms with Gasteiger partial charge in [0.2, 0.25) is 10.4 Å². The minimum absolute atomic E-state index is 0.0345. The van der Waals surface area contributed by atoms with Crippen LogP contribution < -0.4 is 0 Å². The topological polar surface area (TPSA) is 139 Å². The molecule has 1 unspecified atom stereocenters. The predicted molar refractivity (Wildman–Crippen MR) is 215 cm³/mol. The number of aliphatic hydroxyl groups is 1. The van der Waals surface area contributed by atoms with Crippen LogP contribution in [0, 0.1) is 0 Å². The zero-order chi connectivity index (χ0) is 39.9. The van der Waals surface area contributed by atoms with E-state index in [0.717, 1.165) is 58.5 Å². The first-order valence-corrected chi connectivity index (χ1v) is 22.6. The number of quaternary nitrogens is 1. The molecule has 0 saturated carbocycles. The van der Waals surface area contributed by atoms with Crippen LogP contribution in [0.4, 0.5) is 0 Å². The van der Waals surface area contributed by atoms with Gasteiger partial charge in [-0.05, 0) is 70.6 Å². The van der Waals surface area contributed by atoms with Gasteiger partial charge in [-0.25, -0.2) is 27.7 Å². The Hall–Kier alpha value is -1.79. The van der Waals surface area contributed by atoms with Gasteiger partial charge in [0, 0.05) is 4.81 Å². The zero-order valence-electron chi connectivity index (χ0n) is 34.7. The van der Waals surface area contributed by atoms with Crippen molar-refractivity contribution in [3.05, 3.63) is 24.3 Å². The maximum atomic E-state index is 12.6. The van der Waals surface area contributed by atoms with E-state index >= 15 is 0 Å². The molecule has 0 aromatic carbocycles. The van der Waals surface area contributed by atoms with E-state index < -0.39 is 21.3 Å². The summed E-state index contributed by atoms with van der Waals surface area (Å²) < 4.78 is 31.0. The van der Waals surface area contributed by atoms with Gasteiger partial charge in [0.1, 0.15) is 6.10 Å². The Balaban J connectivity index is 0. The van der Waals surface area contributed by atoms with Crippen molar-refractivity contribution in [2.75, 3.05) is 20.7 Å². The van der Waals surface area contributed by atoms with Crippen LogP contribution in [-0.4, -0.2) is 61.6 Å². The van der Waals surface area contributed by atoms with E-state index in [0.29, 0.717) is 19.3 Å². The summed E-state index contributed by atoms with van der Waals surface area (Å²) in [6.45, 7) is 6.41. The maximum absolute atomic E-state index is 12.6. The highest BCUT2D eigenvalue weighted by molar-refractivity contribution is 7.80. The number of nitrogens with zero attached hydrogens (tertiary/aromatic N) is 1. The summed E-state index contributed by atoms with van der Waals surface area (Å²) in [4.78, 5) is 35.8. The van der Waals surface area contributed by atoms with Crippen LogP contribution >= 0.6 is 0 Å². The van der Waals surface area contributed by atoms with E-state index in [1.807, 2.05) is 6.92 Å². The first kappa shape index (κ1) is 53.3. The summed E-state index contributed by atoms with van der Waals surface area (Å²) in [6, 6.07) is 0. The standard InChI is InChI=1S/C41H78NO5.CH4O4S/c1-5-8-10-12-14-16-18-20-22-24-26-28-30-32-34-36-40(44)46-42(4,38-39(43)7-3)47-41(45)37-35-33-31-29-27-25-23-21-19-17-15-13-11-9-6-2;1-5-6(2,3)4/h20-23,39,43H,5-19,24-38H2,1-4H3;1H3,(H,2,3,4)/q+1;/p-1/b22-20-,23-21-;. The summed E-state index contributed by atoms with van der Waals surface area (Å²) >= 11 is 0. The fourth-order valence-electron chi connectivity index (χ4n) is 5.81. The van der Waals surface area contributed by atoms with Gasteiger partial charge in [0.25, 0.3) is 0 Å². The summed E-state index contributed by atoms with van der Waals surface area (Å²) in [5, 5.41) is 10.2. The van der Waals surface area contributed by atoms with Crippen molar-refractivity contribution < 1.29 is 46.3 Å². The van der Waals surface area contributed by atoms with Crippen LogP contribution in [0.15, 0.2) is 24.3 Å². The summed E-state index contributed by atoms with van der Waals surface area (Å²) in [6.07, 6.45) is 40.9. The van der Waals surface area contributed by atoms with Crippen LogP contribution in [0.25, 0.3) is 0 Å². The Morgan fingerprint density at radius 1 is 0.585 bits per heavy atom. The zero-order valence-corrected chi connectivity index (χ0v) is 35.5. The molecule has 11 heteroatoms. The second-order valence-corrected chi connectivity index (χ2v) is 15.6. The van der Waals surface area contributed by atoms with Crippen LogP contribution in [0.2, 0.25) is 0 Å². The summed E-state index contributed by atoms with van der Waals surface area (Å²) in [5.41, 5.74) is 0. The van der Waals surface area contributed by atoms with Crippen LogP contribution in [0.5, 0.6) is 0 Å². The Morgan fingerprint density at radius 3 is 1.15 bits per heavy atom. The molecular weight excluding hydrogens is 695 g/mol. The molecule has 0 bridgehead atoms. The lowest BCUT2D eigenvalue weighted by Crippen LogP contribution is -2.51. The Labute approximate surface area is 326 Å². The molecular formula is C42H81NO9S. The van der Waals surface area contributed by atoms with Gasteiger partial charge in [-0.2, -0.15) is 0 Å². The van der Waals surface area contributed by atoms with Gasteiger partial charge < -0.3 is 9.66 Å². The molecule has 53 heavy (non-hydrogen) atoms. The van der Waals surface area contributed by atoms with E-state index in [4.69, 9.17) is 9.68 Å². The van der Waals surface area contributed by atoms with Crippen LogP contribution in [0.1, 0.15) is 207 Å². The number of likely N-dealkylation sites (N-methyl/N-ethyl adjacent to an activating group) is 1. The highest BCUT2D eigenvalue weighted by Gasteiger charge is 2.36. The normalized spacial score (nSPS) is 12.6. The highest BCUT2D eigenvalue weighted by Crippen LogP contribution is 2.17. The van der Waals surface area contributed by atoms with Crippen molar-refractivity contribution >= 4 is 22.3 Å². The monoisotopic (exact) mass is 776 g/mol.